The molecule has 0 aromatic carbocycles. The van der Waals surface area contributed by atoms with Crippen LogP contribution in [0, 0.1) is 10.1 Å². The lowest BCUT2D eigenvalue weighted by Crippen LogP contribution is -1.88. The van der Waals surface area contributed by atoms with Gasteiger partial charge in [-0.15, -0.1) is 0 Å². The summed E-state index contributed by atoms with van der Waals surface area (Å²) in [4.78, 5) is 14.9. The molecule has 14 heavy (non-hydrogen) atoms. The molecule has 1 N–H and O–H groups in total. The van der Waals surface area contributed by atoms with E-state index in [4.69, 9.17) is 4.74 Å². The molecule has 1 aromatic heterocycles. The third-order valence-corrected chi connectivity index (χ3v) is 1.27. The SMILES string of the molecule is C1=CCOC=C1.O=[N+]([O-])c1ncc[nH]1. The first-order valence-electron chi connectivity index (χ1n) is 3.88. The molecule has 0 amide bonds. The van der Waals surface area contributed by atoms with Gasteiger partial charge < -0.3 is 14.9 Å². The molecule has 0 fully saturated rings. The van der Waals surface area contributed by atoms with Crippen LogP contribution in [0.3, 0.4) is 0 Å². The summed E-state index contributed by atoms with van der Waals surface area (Å²) in [6.07, 6.45) is 10.2. The van der Waals surface area contributed by atoms with Crippen LogP contribution >= 0.6 is 0 Å². The van der Waals surface area contributed by atoms with Gasteiger partial charge in [0.05, 0.1) is 12.5 Å². The Kier molecular flexibility index (Phi) is 3.93. The van der Waals surface area contributed by atoms with E-state index in [-0.39, 0.29) is 5.95 Å². The van der Waals surface area contributed by atoms with Crippen molar-refractivity contribution >= 4 is 5.95 Å². The van der Waals surface area contributed by atoms with Crippen LogP contribution in [0.2, 0.25) is 0 Å². The first kappa shape index (κ1) is 9.97. The second-order valence-corrected chi connectivity index (χ2v) is 2.26. The topological polar surface area (TPSA) is 81.1 Å². The molecule has 74 valence electrons. The van der Waals surface area contributed by atoms with Crippen molar-refractivity contribution in [2.45, 2.75) is 0 Å². The maximum Gasteiger partial charge on any atom is 0.432 e. The van der Waals surface area contributed by atoms with Crippen molar-refractivity contribution in [1.82, 2.24) is 9.97 Å². The first-order chi connectivity index (χ1) is 6.80. The summed E-state index contributed by atoms with van der Waals surface area (Å²) in [5.41, 5.74) is 0. The fraction of sp³-hybridized carbons (Fsp3) is 0.125. The highest BCUT2D eigenvalue weighted by Crippen LogP contribution is 1.96. The number of ether oxygens (including phenoxy) is 1. The summed E-state index contributed by atoms with van der Waals surface area (Å²) < 4.78 is 4.80. The lowest BCUT2D eigenvalue weighted by molar-refractivity contribution is -0.393. The van der Waals surface area contributed by atoms with Crippen molar-refractivity contribution in [3.8, 4) is 0 Å². The molecule has 0 radical (unpaired) electrons. The Morgan fingerprint density at radius 3 is 2.64 bits per heavy atom. The highest BCUT2D eigenvalue weighted by Gasteiger charge is 2.01. The standard InChI is InChI=1S/C5H6O.C3H3N3O2/c1-2-4-6-5-3-1;7-6(8)3-4-1-2-5-3/h1-4H,5H2;1-2H,(H,4,5). The van der Waals surface area contributed by atoms with Gasteiger partial charge in [0.25, 0.3) is 0 Å². The lowest BCUT2D eigenvalue weighted by Gasteiger charge is -1.94. The first-order valence-corrected chi connectivity index (χ1v) is 3.88. The van der Waals surface area contributed by atoms with Crippen molar-refractivity contribution in [2.75, 3.05) is 6.61 Å². The normalized spacial score (nSPS) is 12.6. The zero-order valence-electron chi connectivity index (χ0n) is 7.29. The fourth-order valence-electron chi connectivity index (χ4n) is 0.703. The maximum atomic E-state index is 9.77. The van der Waals surface area contributed by atoms with E-state index in [1.165, 1.54) is 12.4 Å². The summed E-state index contributed by atoms with van der Waals surface area (Å²) in [7, 11) is 0. The average molecular weight is 195 g/mol. The average Bonchev–Trinajstić information content (AvgIpc) is 2.74. The number of nitrogens with one attached hydrogen (secondary N) is 1. The van der Waals surface area contributed by atoms with Crippen LogP contribution in [-0.4, -0.2) is 21.5 Å². The molecular formula is C8H9N3O3. The number of nitrogens with zero attached hydrogens (tertiary/aromatic N) is 2. The smallest absolute Gasteiger partial charge is 0.432 e. The number of hydrogen-bond donors (Lipinski definition) is 1. The maximum absolute atomic E-state index is 9.77. The van der Waals surface area contributed by atoms with E-state index >= 15 is 0 Å². The molecule has 6 heteroatoms. The van der Waals surface area contributed by atoms with Crippen LogP contribution in [-0.2, 0) is 4.74 Å². The van der Waals surface area contributed by atoms with Crippen molar-refractivity contribution in [1.29, 1.82) is 0 Å². The molecule has 2 heterocycles. The Labute approximate surface area is 80.1 Å². The lowest BCUT2D eigenvalue weighted by atomic mass is 10.5. The van der Waals surface area contributed by atoms with Crippen LogP contribution in [0.1, 0.15) is 0 Å². The summed E-state index contributed by atoms with van der Waals surface area (Å²) in [5, 5.41) is 9.77. The number of aromatic amines is 1. The molecule has 0 unspecified atom stereocenters. The Hall–Kier alpha value is -2.11. The van der Waals surface area contributed by atoms with E-state index in [9.17, 15) is 10.1 Å². The Balaban J connectivity index is 0.000000146. The van der Waals surface area contributed by atoms with Gasteiger partial charge in [0.15, 0.2) is 0 Å². The van der Waals surface area contributed by atoms with Crippen LogP contribution in [0.4, 0.5) is 5.95 Å². The van der Waals surface area contributed by atoms with Gasteiger partial charge in [-0.2, -0.15) is 0 Å². The number of allylic oxidation sites excluding steroid dienone is 2. The fourth-order valence-corrected chi connectivity index (χ4v) is 0.703. The predicted octanol–water partition coefficient (Wildman–Crippen LogP) is 1.40. The van der Waals surface area contributed by atoms with Gasteiger partial charge in [-0.05, 0) is 17.1 Å². The minimum Gasteiger partial charge on any atom is -0.497 e. The molecule has 1 aliphatic rings. The number of H-pyrrole nitrogens is 1. The highest BCUT2D eigenvalue weighted by molar-refractivity contribution is 5.03. The molecule has 2 rings (SSSR count). The molecule has 0 saturated carbocycles. The minimum absolute atomic E-state index is 0.218. The Bertz CT molecular complexity index is 318. The zero-order chi connectivity index (χ0) is 10.2. The summed E-state index contributed by atoms with van der Waals surface area (Å²) >= 11 is 0. The number of aromatic nitrogens is 2. The third kappa shape index (κ3) is 3.53. The number of rotatable bonds is 1. The molecule has 1 aliphatic heterocycles. The van der Waals surface area contributed by atoms with Gasteiger partial charge in [-0.3, -0.25) is 0 Å². The second-order valence-electron chi connectivity index (χ2n) is 2.26. The summed E-state index contributed by atoms with van der Waals surface area (Å²) in [6.45, 7) is 0.733. The van der Waals surface area contributed by atoms with Crippen LogP contribution in [0.15, 0.2) is 36.9 Å². The molecule has 0 bridgehead atoms. The Morgan fingerprint density at radius 2 is 2.43 bits per heavy atom. The molecule has 0 aliphatic carbocycles. The molecular weight excluding hydrogens is 186 g/mol. The van der Waals surface area contributed by atoms with E-state index < -0.39 is 4.92 Å². The number of nitro groups is 1. The predicted molar refractivity (Wildman–Crippen MR) is 49.5 cm³/mol. The van der Waals surface area contributed by atoms with Crippen LogP contribution in [0.25, 0.3) is 0 Å². The van der Waals surface area contributed by atoms with Gasteiger partial charge >= 0.3 is 5.95 Å². The molecule has 0 saturated heterocycles. The summed E-state index contributed by atoms with van der Waals surface area (Å²) in [6, 6.07) is 0. The minimum atomic E-state index is -0.583. The Morgan fingerprint density at radius 1 is 1.57 bits per heavy atom. The van der Waals surface area contributed by atoms with Gasteiger partial charge in [0, 0.05) is 0 Å². The van der Waals surface area contributed by atoms with E-state index in [1.54, 1.807) is 6.26 Å². The highest BCUT2D eigenvalue weighted by atomic mass is 16.6. The van der Waals surface area contributed by atoms with Crippen molar-refractivity contribution in [3.05, 3.63) is 47.0 Å². The molecule has 0 spiro atoms. The van der Waals surface area contributed by atoms with E-state index in [2.05, 4.69) is 9.97 Å². The van der Waals surface area contributed by atoms with Crippen molar-refractivity contribution in [3.63, 3.8) is 0 Å². The quantitative estimate of drug-likeness (QED) is 0.542. The van der Waals surface area contributed by atoms with E-state index in [1.807, 2.05) is 18.2 Å². The zero-order valence-corrected chi connectivity index (χ0v) is 7.29. The third-order valence-electron chi connectivity index (χ3n) is 1.27. The number of hydrogen-bond acceptors (Lipinski definition) is 4. The monoisotopic (exact) mass is 195 g/mol. The second kappa shape index (κ2) is 5.52. The largest absolute Gasteiger partial charge is 0.497 e. The van der Waals surface area contributed by atoms with Crippen molar-refractivity contribution in [2.24, 2.45) is 0 Å². The van der Waals surface area contributed by atoms with Gasteiger partial charge in [-0.25, -0.2) is 4.98 Å². The van der Waals surface area contributed by atoms with Crippen molar-refractivity contribution < 1.29 is 9.66 Å². The molecule has 6 nitrogen and oxygen atoms in total. The molecule has 1 aromatic rings. The van der Waals surface area contributed by atoms with E-state index in [0.717, 1.165) is 6.61 Å². The van der Waals surface area contributed by atoms with Crippen LogP contribution < -0.4 is 0 Å². The number of imidazole rings is 1. The van der Waals surface area contributed by atoms with Crippen LogP contribution in [0.5, 0.6) is 0 Å². The van der Waals surface area contributed by atoms with Gasteiger partial charge in [-0.1, -0.05) is 11.1 Å². The van der Waals surface area contributed by atoms with Gasteiger partial charge in [0.1, 0.15) is 12.8 Å². The van der Waals surface area contributed by atoms with E-state index in [0.29, 0.717) is 0 Å². The summed E-state index contributed by atoms with van der Waals surface area (Å²) in [5.74, 6) is -0.218. The van der Waals surface area contributed by atoms with Gasteiger partial charge in [0.2, 0.25) is 0 Å². The molecule has 0 atom stereocenters.